The summed E-state index contributed by atoms with van der Waals surface area (Å²) in [6, 6.07) is 4.26. The molecule has 0 aromatic carbocycles. The van der Waals surface area contributed by atoms with Crippen molar-refractivity contribution in [2.24, 2.45) is 0 Å². The smallest absolute Gasteiger partial charge is 0.0868 e. The highest BCUT2D eigenvalue weighted by Crippen LogP contribution is 2.16. The van der Waals surface area contributed by atoms with Crippen LogP contribution in [-0.2, 0) is 26.2 Å². The topological polar surface area (TPSA) is 71.3 Å². The first kappa shape index (κ1) is 17.0. The van der Waals surface area contributed by atoms with Gasteiger partial charge in [-0.1, -0.05) is 0 Å². The summed E-state index contributed by atoms with van der Waals surface area (Å²) in [4.78, 5) is 0. The Morgan fingerprint density at radius 2 is 1.04 bits per heavy atom. The van der Waals surface area contributed by atoms with E-state index in [1.165, 1.54) is 11.1 Å². The Labute approximate surface area is 163 Å². The first-order valence-electron chi connectivity index (χ1n) is 9.57. The molecular weight excluding hydrogens is 352 g/mol. The Kier molecular flexibility index (Phi) is 3.75. The van der Waals surface area contributed by atoms with Crippen molar-refractivity contribution in [2.75, 3.05) is 0 Å². The highest BCUT2D eigenvalue weighted by molar-refractivity contribution is 5.21. The maximum Gasteiger partial charge on any atom is 0.0868 e. The Morgan fingerprint density at radius 1 is 0.607 bits per heavy atom. The zero-order valence-corrected chi connectivity index (χ0v) is 16.7. The van der Waals surface area contributed by atoms with Gasteiger partial charge in [0.15, 0.2) is 0 Å². The monoisotopic (exact) mass is 376 g/mol. The molecule has 0 radical (unpaired) electrons. The van der Waals surface area contributed by atoms with Gasteiger partial charge < -0.3 is 0 Å². The van der Waals surface area contributed by atoms with E-state index in [-0.39, 0.29) is 0 Å². The first-order chi connectivity index (χ1) is 13.4. The molecule has 5 rings (SSSR count). The summed E-state index contributed by atoms with van der Waals surface area (Å²) in [6.45, 7) is 11.0. The van der Waals surface area contributed by atoms with Crippen LogP contribution in [0.1, 0.15) is 45.3 Å². The molecule has 8 heteroatoms. The van der Waals surface area contributed by atoms with Gasteiger partial charge in [-0.2, -0.15) is 20.4 Å². The van der Waals surface area contributed by atoms with Crippen molar-refractivity contribution in [1.82, 2.24) is 39.1 Å². The van der Waals surface area contributed by atoms with E-state index in [2.05, 4.69) is 52.2 Å². The van der Waals surface area contributed by atoms with Crippen LogP contribution in [0.25, 0.3) is 0 Å². The molecule has 1 aliphatic heterocycles. The van der Waals surface area contributed by atoms with Gasteiger partial charge in [-0.25, -0.2) is 0 Å². The van der Waals surface area contributed by atoms with E-state index in [0.717, 1.165) is 34.2 Å². The van der Waals surface area contributed by atoms with Gasteiger partial charge in [0.2, 0.25) is 0 Å². The fourth-order valence-electron chi connectivity index (χ4n) is 3.84. The minimum Gasteiger partial charge on any atom is -0.266 e. The summed E-state index contributed by atoms with van der Waals surface area (Å²) in [5.41, 5.74) is 8.70. The minimum atomic E-state index is 0.658. The van der Waals surface area contributed by atoms with E-state index in [4.69, 9.17) is 20.4 Å². The van der Waals surface area contributed by atoms with Crippen LogP contribution in [-0.4, -0.2) is 39.1 Å². The summed E-state index contributed by atoms with van der Waals surface area (Å²) in [6.07, 6.45) is 4.18. The number of fused-ring (bicyclic) bond motifs is 8. The molecule has 0 amide bonds. The van der Waals surface area contributed by atoms with E-state index in [1.807, 2.05) is 18.7 Å². The Hall–Kier alpha value is -3.16. The predicted octanol–water partition coefficient (Wildman–Crippen LogP) is 2.21. The molecule has 28 heavy (non-hydrogen) atoms. The summed E-state index contributed by atoms with van der Waals surface area (Å²) < 4.78 is 8.00. The lowest BCUT2D eigenvalue weighted by Crippen LogP contribution is -2.10. The molecule has 0 fully saturated rings. The molecule has 0 saturated heterocycles. The predicted molar refractivity (Wildman–Crippen MR) is 104 cm³/mol. The number of hydrogen-bond acceptors (Lipinski definition) is 4. The SMILES string of the molecule is Cc1cn2nc1Cn1nc(cc1C)Cn1cc(C)c(n1)Cn1nc(cc1C)C2. The van der Waals surface area contributed by atoms with Crippen molar-refractivity contribution in [1.29, 1.82) is 0 Å². The van der Waals surface area contributed by atoms with Crippen LogP contribution < -0.4 is 0 Å². The lowest BCUT2D eigenvalue weighted by atomic mass is 10.3. The van der Waals surface area contributed by atoms with E-state index in [9.17, 15) is 0 Å². The van der Waals surface area contributed by atoms with Crippen LogP contribution >= 0.6 is 0 Å². The molecule has 8 bridgehead atoms. The molecular formula is C20H24N8. The molecule has 1 aliphatic rings. The lowest BCUT2D eigenvalue weighted by molar-refractivity contribution is 0.573. The van der Waals surface area contributed by atoms with Crippen LogP contribution in [0.4, 0.5) is 0 Å². The molecule has 0 atom stereocenters. The number of rotatable bonds is 0. The van der Waals surface area contributed by atoms with Gasteiger partial charge in [-0.05, 0) is 51.0 Å². The van der Waals surface area contributed by atoms with Gasteiger partial charge in [0.05, 0.1) is 49.0 Å². The molecule has 0 unspecified atom stereocenters. The Morgan fingerprint density at radius 3 is 1.46 bits per heavy atom. The van der Waals surface area contributed by atoms with Crippen LogP contribution in [0.2, 0.25) is 0 Å². The van der Waals surface area contributed by atoms with Gasteiger partial charge >= 0.3 is 0 Å². The maximum atomic E-state index is 4.79. The number of hydrogen-bond donors (Lipinski definition) is 0. The largest absolute Gasteiger partial charge is 0.266 e. The molecule has 0 spiro atoms. The maximum absolute atomic E-state index is 4.79. The van der Waals surface area contributed by atoms with E-state index >= 15 is 0 Å². The zero-order valence-electron chi connectivity index (χ0n) is 16.7. The number of aromatic nitrogens is 8. The standard InChI is InChI=1S/C20H24N8/c1-13-7-25-9-17-6-16(4)28(22-17)12-20-14(2)8-26(24-20)10-18-5-15(3)27(21-18)11-19(13)23-25/h5-8H,9-12H2,1-4H3. The van der Waals surface area contributed by atoms with E-state index < -0.39 is 0 Å². The van der Waals surface area contributed by atoms with Gasteiger partial charge in [0.1, 0.15) is 0 Å². The summed E-state index contributed by atoms with van der Waals surface area (Å²) in [5.74, 6) is 0. The highest BCUT2D eigenvalue weighted by atomic mass is 15.4. The van der Waals surface area contributed by atoms with Crippen molar-refractivity contribution in [3.05, 3.63) is 69.8 Å². The van der Waals surface area contributed by atoms with Crippen LogP contribution in [0.5, 0.6) is 0 Å². The quantitative estimate of drug-likeness (QED) is 0.415. The van der Waals surface area contributed by atoms with Gasteiger partial charge in [-0.3, -0.25) is 18.7 Å². The van der Waals surface area contributed by atoms with Gasteiger partial charge in [0, 0.05) is 23.8 Å². The second-order valence-electron chi connectivity index (χ2n) is 7.78. The highest BCUT2D eigenvalue weighted by Gasteiger charge is 2.15. The Bertz CT molecular complexity index is 988. The Balaban J connectivity index is 1.61. The summed E-state index contributed by atoms with van der Waals surface area (Å²) in [7, 11) is 0. The van der Waals surface area contributed by atoms with Crippen molar-refractivity contribution in [3.8, 4) is 0 Å². The average Bonchev–Trinajstić information content (AvgIpc) is 3.33. The molecule has 8 nitrogen and oxygen atoms in total. The molecule has 0 aliphatic carbocycles. The average molecular weight is 376 g/mol. The zero-order chi connectivity index (χ0) is 19.4. The third-order valence-corrected chi connectivity index (χ3v) is 5.40. The second kappa shape index (κ2) is 6.19. The fraction of sp³-hybridized carbons (Fsp3) is 0.400. The molecule has 4 aromatic heterocycles. The van der Waals surface area contributed by atoms with Gasteiger partial charge in [0.25, 0.3) is 0 Å². The third-order valence-electron chi connectivity index (χ3n) is 5.40. The van der Waals surface area contributed by atoms with Crippen molar-refractivity contribution < 1.29 is 0 Å². The van der Waals surface area contributed by atoms with Gasteiger partial charge in [-0.15, -0.1) is 0 Å². The van der Waals surface area contributed by atoms with Crippen molar-refractivity contribution in [2.45, 2.75) is 53.9 Å². The fourth-order valence-corrected chi connectivity index (χ4v) is 3.84. The lowest BCUT2D eigenvalue weighted by Gasteiger charge is -2.04. The molecule has 0 N–H and O–H groups in total. The normalized spacial score (nSPS) is 13.9. The number of aryl methyl sites for hydroxylation is 4. The van der Waals surface area contributed by atoms with Crippen molar-refractivity contribution in [3.63, 3.8) is 0 Å². The summed E-state index contributed by atoms with van der Waals surface area (Å²) in [5, 5.41) is 19.2. The van der Waals surface area contributed by atoms with Crippen LogP contribution in [0.3, 0.4) is 0 Å². The van der Waals surface area contributed by atoms with E-state index in [0.29, 0.717) is 26.2 Å². The second-order valence-corrected chi connectivity index (χ2v) is 7.78. The third kappa shape index (κ3) is 2.94. The van der Waals surface area contributed by atoms with Crippen LogP contribution in [0.15, 0.2) is 24.5 Å². The van der Waals surface area contributed by atoms with Crippen molar-refractivity contribution >= 4 is 0 Å². The van der Waals surface area contributed by atoms with E-state index in [1.54, 1.807) is 0 Å². The molecule has 4 aromatic rings. The summed E-state index contributed by atoms with van der Waals surface area (Å²) >= 11 is 0. The number of nitrogens with zero attached hydrogens (tertiary/aromatic N) is 8. The van der Waals surface area contributed by atoms with Crippen LogP contribution in [0, 0.1) is 27.7 Å². The minimum absolute atomic E-state index is 0.658. The first-order valence-corrected chi connectivity index (χ1v) is 9.57. The molecule has 144 valence electrons. The molecule has 0 saturated carbocycles. The molecule has 5 heterocycles.